The molecule has 0 radical (unpaired) electrons. The van der Waals surface area contributed by atoms with E-state index in [0.717, 1.165) is 12.8 Å². The first-order valence-electron chi connectivity index (χ1n) is 6.85. The van der Waals surface area contributed by atoms with Gasteiger partial charge >= 0.3 is 0 Å². The summed E-state index contributed by atoms with van der Waals surface area (Å²) in [6, 6.07) is 5.72. The van der Waals surface area contributed by atoms with Crippen molar-refractivity contribution < 1.29 is 19.0 Å². The Bertz CT molecular complexity index is 474. The van der Waals surface area contributed by atoms with Gasteiger partial charge in [0.05, 0.1) is 0 Å². The van der Waals surface area contributed by atoms with Gasteiger partial charge < -0.3 is 15.2 Å². The molecule has 1 saturated carbocycles. The van der Waals surface area contributed by atoms with E-state index in [0.29, 0.717) is 18.7 Å². The molecular weight excluding hydrogens is 261 g/mol. The van der Waals surface area contributed by atoms with Crippen molar-refractivity contribution in [1.29, 1.82) is 0 Å². The molecule has 2 N–H and O–H groups in total. The molecule has 0 aliphatic heterocycles. The lowest BCUT2D eigenvalue weighted by Gasteiger charge is -2.18. The summed E-state index contributed by atoms with van der Waals surface area (Å²) in [6.07, 6.45) is 2.11. The van der Waals surface area contributed by atoms with Gasteiger partial charge in [-0.25, -0.2) is 4.39 Å². The van der Waals surface area contributed by atoms with Crippen LogP contribution in [-0.2, 0) is 4.79 Å². The van der Waals surface area contributed by atoms with Crippen molar-refractivity contribution in [2.24, 2.45) is 5.41 Å². The lowest BCUT2D eigenvalue weighted by molar-refractivity contribution is -0.127. The second-order valence-corrected chi connectivity index (χ2v) is 5.41. The van der Waals surface area contributed by atoms with E-state index in [1.807, 2.05) is 0 Å². The van der Waals surface area contributed by atoms with E-state index in [1.165, 1.54) is 18.2 Å². The Morgan fingerprint density at radius 2 is 2.30 bits per heavy atom. The lowest BCUT2D eigenvalue weighted by Crippen LogP contribution is -2.39. The first-order chi connectivity index (χ1) is 9.54. The molecule has 1 atom stereocenters. The molecule has 1 aliphatic rings. The number of carbonyl (C=O) groups is 1. The number of hydrogen-bond donors (Lipinski definition) is 2. The minimum absolute atomic E-state index is 0.0724. The number of aliphatic hydroxyl groups is 1. The quantitative estimate of drug-likeness (QED) is 0.802. The molecule has 0 spiro atoms. The normalized spacial score (nSPS) is 17.4. The summed E-state index contributed by atoms with van der Waals surface area (Å²) in [6.45, 7) is 2.33. The summed E-state index contributed by atoms with van der Waals surface area (Å²) >= 11 is 0. The van der Waals surface area contributed by atoms with Crippen molar-refractivity contribution in [2.75, 3.05) is 13.2 Å². The fraction of sp³-hybridized carbons (Fsp3) is 0.533. The number of nitrogens with one attached hydrogen (secondary N) is 1. The molecule has 20 heavy (non-hydrogen) atoms. The van der Waals surface area contributed by atoms with Crippen molar-refractivity contribution in [3.8, 4) is 5.75 Å². The van der Waals surface area contributed by atoms with Gasteiger partial charge in [0.1, 0.15) is 11.6 Å². The molecule has 1 fully saturated rings. The molecule has 0 aromatic heterocycles. The predicted molar refractivity (Wildman–Crippen MR) is 72.9 cm³/mol. The Labute approximate surface area is 117 Å². The van der Waals surface area contributed by atoms with E-state index >= 15 is 0 Å². The van der Waals surface area contributed by atoms with Gasteiger partial charge in [0.2, 0.25) is 0 Å². The molecule has 4 nitrogen and oxygen atoms in total. The Balaban J connectivity index is 1.80. The van der Waals surface area contributed by atoms with Crippen LogP contribution < -0.4 is 10.1 Å². The second kappa shape index (κ2) is 6.22. The van der Waals surface area contributed by atoms with Crippen LogP contribution in [0.5, 0.6) is 5.75 Å². The zero-order valence-electron chi connectivity index (χ0n) is 11.6. The first-order valence-corrected chi connectivity index (χ1v) is 6.85. The maximum Gasteiger partial charge on any atom is 0.260 e. The number of carbonyl (C=O) groups excluding carboxylic acids is 1. The minimum atomic E-state index is -0.679. The van der Waals surface area contributed by atoms with Crippen LogP contribution in [0, 0.1) is 11.2 Å². The van der Waals surface area contributed by atoms with Crippen molar-refractivity contribution >= 4 is 5.91 Å². The highest BCUT2D eigenvalue weighted by atomic mass is 19.1. The van der Waals surface area contributed by atoms with Gasteiger partial charge in [-0.15, -0.1) is 0 Å². The van der Waals surface area contributed by atoms with E-state index in [2.05, 4.69) is 5.32 Å². The molecule has 1 aliphatic carbocycles. The summed E-state index contributed by atoms with van der Waals surface area (Å²) in [7, 11) is 0. The number of benzene rings is 1. The van der Waals surface area contributed by atoms with Gasteiger partial charge in [-0.3, -0.25) is 4.79 Å². The van der Waals surface area contributed by atoms with E-state index in [4.69, 9.17) is 9.84 Å². The minimum Gasteiger partial charge on any atom is -0.481 e. The van der Waals surface area contributed by atoms with Gasteiger partial charge in [-0.1, -0.05) is 6.07 Å². The smallest absolute Gasteiger partial charge is 0.260 e. The standard InChI is InChI=1S/C15H20FNO3/c1-11(20-13-4-2-3-12(16)9-13)14(19)17-10-15(5-6-15)7-8-18/h2-4,9,11,18H,5-8,10H2,1H3,(H,17,19). The van der Waals surface area contributed by atoms with Crippen LogP contribution in [0.15, 0.2) is 24.3 Å². The Morgan fingerprint density at radius 3 is 2.90 bits per heavy atom. The molecule has 0 saturated heterocycles. The molecule has 2 rings (SSSR count). The van der Waals surface area contributed by atoms with E-state index in [9.17, 15) is 9.18 Å². The molecule has 1 unspecified atom stereocenters. The predicted octanol–water partition coefficient (Wildman–Crippen LogP) is 1.87. The number of hydrogen-bond acceptors (Lipinski definition) is 3. The molecule has 1 aromatic rings. The van der Waals surface area contributed by atoms with Crippen LogP contribution in [0.1, 0.15) is 26.2 Å². The fourth-order valence-corrected chi connectivity index (χ4v) is 2.15. The molecule has 110 valence electrons. The van der Waals surface area contributed by atoms with Crippen molar-refractivity contribution in [2.45, 2.75) is 32.3 Å². The van der Waals surface area contributed by atoms with E-state index in [1.54, 1.807) is 13.0 Å². The maximum atomic E-state index is 13.0. The Hall–Kier alpha value is -1.62. The average Bonchev–Trinajstić information content (AvgIpc) is 3.17. The van der Waals surface area contributed by atoms with Gasteiger partial charge in [0, 0.05) is 19.2 Å². The monoisotopic (exact) mass is 281 g/mol. The average molecular weight is 281 g/mol. The van der Waals surface area contributed by atoms with E-state index in [-0.39, 0.29) is 17.9 Å². The van der Waals surface area contributed by atoms with Crippen molar-refractivity contribution in [1.82, 2.24) is 5.32 Å². The largest absolute Gasteiger partial charge is 0.481 e. The second-order valence-electron chi connectivity index (χ2n) is 5.41. The third kappa shape index (κ3) is 3.93. The zero-order valence-corrected chi connectivity index (χ0v) is 11.6. The van der Waals surface area contributed by atoms with Crippen LogP contribution in [0.2, 0.25) is 0 Å². The Kier molecular flexibility index (Phi) is 4.60. The number of halogens is 1. The highest BCUT2D eigenvalue weighted by Gasteiger charge is 2.42. The number of ether oxygens (including phenoxy) is 1. The molecule has 1 aromatic carbocycles. The summed E-state index contributed by atoms with van der Waals surface area (Å²) in [5.74, 6) is -0.280. The lowest BCUT2D eigenvalue weighted by atomic mass is 10.0. The van der Waals surface area contributed by atoms with Crippen LogP contribution in [0.3, 0.4) is 0 Å². The number of rotatable bonds is 7. The molecule has 5 heteroatoms. The fourth-order valence-electron chi connectivity index (χ4n) is 2.15. The Morgan fingerprint density at radius 1 is 1.55 bits per heavy atom. The third-order valence-corrected chi connectivity index (χ3v) is 3.72. The van der Waals surface area contributed by atoms with Gasteiger partial charge in [-0.2, -0.15) is 0 Å². The first kappa shape index (κ1) is 14.8. The van der Waals surface area contributed by atoms with Gasteiger partial charge in [0.15, 0.2) is 6.10 Å². The highest BCUT2D eigenvalue weighted by Crippen LogP contribution is 2.47. The van der Waals surface area contributed by atoms with Crippen LogP contribution in [0.25, 0.3) is 0 Å². The number of aliphatic hydroxyl groups excluding tert-OH is 1. The third-order valence-electron chi connectivity index (χ3n) is 3.72. The van der Waals surface area contributed by atoms with Crippen molar-refractivity contribution in [3.05, 3.63) is 30.1 Å². The van der Waals surface area contributed by atoms with Crippen molar-refractivity contribution in [3.63, 3.8) is 0 Å². The van der Waals surface area contributed by atoms with Gasteiger partial charge in [0.25, 0.3) is 5.91 Å². The topological polar surface area (TPSA) is 58.6 Å². The van der Waals surface area contributed by atoms with E-state index < -0.39 is 11.9 Å². The SMILES string of the molecule is CC(Oc1cccc(F)c1)C(=O)NCC1(CCO)CC1. The zero-order chi connectivity index (χ0) is 14.6. The number of amides is 1. The highest BCUT2D eigenvalue weighted by molar-refractivity contribution is 5.80. The summed E-state index contributed by atoms with van der Waals surface area (Å²) < 4.78 is 18.4. The summed E-state index contributed by atoms with van der Waals surface area (Å²) in [5.41, 5.74) is 0.0724. The van der Waals surface area contributed by atoms with Crippen LogP contribution in [-0.4, -0.2) is 30.3 Å². The molecule has 0 bridgehead atoms. The summed E-state index contributed by atoms with van der Waals surface area (Å²) in [4.78, 5) is 11.9. The molecular formula is C15H20FNO3. The molecule has 1 amide bonds. The van der Waals surface area contributed by atoms with Gasteiger partial charge in [-0.05, 0) is 43.7 Å². The summed E-state index contributed by atoms with van der Waals surface area (Å²) in [5, 5.41) is 11.8. The maximum absolute atomic E-state index is 13.0. The van der Waals surface area contributed by atoms with Crippen LogP contribution >= 0.6 is 0 Å². The molecule has 0 heterocycles. The van der Waals surface area contributed by atoms with Crippen LogP contribution in [0.4, 0.5) is 4.39 Å².